The number of carbonyl (C=O) groups is 1. The van der Waals surface area contributed by atoms with E-state index in [9.17, 15) is 9.59 Å². The number of carbonyl (C=O) groups excluding carboxylic acids is 1. The maximum Gasteiger partial charge on any atom is 0.344 e. The topological polar surface area (TPSA) is 68.5 Å². The predicted octanol–water partition coefficient (Wildman–Crippen LogP) is 5.89. The Kier molecular flexibility index (Phi) is 5.88. The minimum atomic E-state index is -0.477. The summed E-state index contributed by atoms with van der Waals surface area (Å²) in [6.07, 6.45) is 0. The molecule has 0 bridgehead atoms. The van der Waals surface area contributed by atoms with Gasteiger partial charge in [-0.1, -0.05) is 51.8 Å². The van der Waals surface area contributed by atoms with E-state index < -0.39 is 5.63 Å². The van der Waals surface area contributed by atoms with Gasteiger partial charge in [0.15, 0.2) is 6.61 Å². The second-order valence-electron chi connectivity index (χ2n) is 6.47. The number of ether oxygens (including phenoxy) is 1. The Morgan fingerprint density at radius 2 is 1.77 bits per heavy atom. The summed E-state index contributed by atoms with van der Waals surface area (Å²) in [5.74, 6) is 0.261. The number of nitrogens with one attached hydrogen (secondary N) is 1. The van der Waals surface area contributed by atoms with Crippen LogP contribution in [0.1, 0.15) is 0 Å². The van der Waals surface area contributed by atoms with Crippen LogP contribution < -0.4 is 15.7 Å². The molecule has 3 aromatic carbocycles. The van der Waals surface area contributed by atoms with Gasteiger partial charge in [0.25, 0.3) is 5.91 Å². The number of amides is 1. The third-order valence-electron chi connectivity index (χ3n) is 4.37. The smallest absolute Gasteiger partial charge is 0.344 e. The lowest BCUT2D eigenvalue weighted by atomic mass is 10.1. The van der Waals surface area contributed by atoms with Crippen molar-refractivity contribution >= 4 is 50.1 Å². The van der Waals surface area contributed by atoms with E-state index in [0.29, 0.717) is 33.2 Å². The van der Waals surface area contributed by atoms with Crippen LogP contribution in [-0.4, -0.2) is 12.5 Å². The average Bonchev–Trinajstić information content (AvgIpc) is 2.73. The highest BCUT2D eigenvalue weighted by Gasteiger charge is 2.13. The summed E-state index contributed by atoms with van der Waals surface area (Å²) < 4.78 is 11.8. The van der Waals surface area contributed by atoms with Gasteiger partial charge in [-0.05, 0) is 48.5 Å². The first-order chi connectivity index (χ1) is 14.5. The molecular formula is C23H15BrClNO4. The Morgan fingerprint density at radius 3 is 2.53 bits per heavy atom. The Hall–Kier alpha value is -3.09. The van der Waals surface area contributed by atoms with Crippen molar-refractivity contribution in [3.63, 3.8) is 0 Å². The van der Waals surface area contributed by atoms with Crippen LogP contribution in [0.25, 0.3) is 22.1 Å². The van der Waals surface area contributed by atoms with E-state index in [2.05, 4.69) is 21.2 Å². The van der Waals surface area contributed by atoms with Crippen molar-refractivity contribution in [2.24, 2.45) is 0 Å². The standard InChI is InChI=1S/C23H15BrClNO4/c24-15-5-8-17(9-6-15)29-13-22(27)26-16-7-10-18(20(25)12-16)19-11-14-3-1-2-4-21(14)30-23(19)28/h1-12H,13H2,(H,26,27). The Labute approximate surface area is 185 Å². The molecule has 0 spiro atoms. The second kappa shape index (κ2) is 8.73. The fourth-order valence-electron chi connectivity index (χ4n) is 2.94. The summed E-state index contributed by atoms with van der Waals surface area (Å²) in [7, 11) is 0. The molecule has 0 radical (unpaired) electrons. The molecule has 0 saturated heterocycles. The zero-order valence-corrected chi connectivity index (χ0v) is 17.9. The first kappa shape index (κ1) is 20.2. The molecule has 1 heterocycles. The fraction of sp³-hybridized carbons (Fsp3) is 0.0435. The number of fused-ring (bicyclic) bond motifs is 1. The highest BCUT2D eigenvalue weighted by molar-refractivity contribution is 9.10. The number of benzene rings is 3. The van der Waals surface area contributed by atoms with Gasteiger partial charge in [0.1, 0.15) is 11.3 Å². The summed E-state index contributed by atoms with van der Waals surface area (Å²) in [4.78, 5) is 24.5. The molecule has 4 aromatic rings. The monoisotopic (exact) mass is 483 g/mol. The molecule has 0 atom stereocenters. The van der Waals surface area contributed by atoms with Crippen LogP contribution in [0.2, 0.25) is 5.02 Å². The molecule has 30 heavy (non-hydrogen) atoms. The molecule has 0 aliphatic carbocycles. The largest absolute Gasteiger partial charge is 0.484 e. The normalized spacial score (nSPS) is 10.7. The molecule has 4 rings (SSSR count). The highest BCUT2D eigenvalue weighted by Crippen LogP contribution is 2.30. The van der Waals surface area contributed by atoms with E-state index in [1.54, 1.807) is 48.5 Å². The molecule has 0 unspecified atom stereocenters. The average molecular weight is 485 g/mol. The number of para-hydroxylation sites is 1. The van der Waals surface area contributed by atoms with Crippen molar-refractivity contribution in [1.82, 2.24) is 0 Å². The van der Waals surface area contributed by atoms with Crippen LogP contribution in [0, 0.1) is 0 Å². The molecular weight excluding hydrogens is 470 g/mol. The SMILES string of the molecule is O=C(COc1ccc(Br)cc1)Nc1ccc(-c2cc3ccccc3oc2=O)c(Cl)c1. The van der Waals surface area contributed by atoms with Gasteiger partial charge in [-0.25, -0.2) is 4.79 Å². The molecule has 1 amide bonds. The molecule has 150 valence electrons. The van der Waals surface area contributed by atoms with Gasteiger partial charge < -0.3 is 14.5 Å². The van der Waals surface area contributed by atoms with Gasteiger partial charge in [-0.15, -0.1) is 0 Å². The summed E-state index contributed by atoms with van der Waals surface area (Å²) in [5, 5.41) is 3.85. The van der Waals surface area contributed by atoms with E-state index >= 15 is 0 Å². The third kappa shape index (κ3) is 4.56. The lowest BCUT2D eigenvalue weighted by Crippen LogP contribution is -2.20. The van der Waals surface area contributed by atoms with Crippen molar-refractivity contribution < 1.29 is 13.9 Å². The molecule has 0 aliphatic rings. The Balaban J connectivity index is 1.49. The predicted molar refractivity (Wildman–Crippen MR) is 121 cm³/mol. The van der Waals surface area contributed by atoms with E-state index in [1.165, 1.54) is 0 Å². The van der Waals surface area contributed by atoms with E-state index in [4.69, 9.17) is 20.8 Å². The van der Waals surface area contributed by atoms with Crippen LogP contribution in [0.4, 0.5) is 5.69 Å². The van der Waals surface area contributed by atoms with E-state index in [1.807, 2.05) is 24.3 Å². The van der Waals surface area contributed by atoms with Crippen molar-refractivity contribution in [2.45, 2.75) is 0 Å². The molecule has 5 nitrogen and oxygen atoms in total. The first-order valence-electron chi connectivity index (χ1n) is 9.00. The number of rotatable bonds is 5. The quantitative estimate of drug-likeness (QED) is 0.358. The maximum atomic E-state index is 12.4. The summed E-state index contributed by atoms with van der Waals surface area (Å²) in [5.41, 5.74) is 1.42. The molecule has 7 heteroatoms. The third-order valence-corrected chi connectivity index (χ3v) is 5.21. The van der Waals surface area contributed by atoms with Gasteiger partial charge in [0.2, 0.25) is 0 Å². The second-order valence-corrected chi connectivity index (χ2v) is 7.79. The van der Waals surface area contributed by atoms with Crippen molar-refractivity contribution in [3.8, 4) is 16.9 Å². The van der Waals surface area contributed by atoms with Crippen LogP contribution in [-0.2, 0) is 4.79 Å². The Bertz CT molecular complexity index is 1280. The molecule has 1 N–H and O–H groups in total. The molecule has 0 aliphatic heterocycles. The highest BCUT2D eigenvalue weighted by atomic mass is 79.9. The summed E-state index contributed by atoms with van der Waals surface area (Å²) >= 11 is 9.73. The van der Waals surface area contributed by atoms with Crippen molar-refractivity contribution in [1.29, 1.82) is 0 Å². The summed E-state index contributed by atoms with van der Waals surface area (Å²) in [6.45, 7) is -0.144. The van der Waals surface area contributed by atoms with Crippen LogP contribution >= 0.6 is 27.5 Å². The fourth-order valence-corrected chi connectivity index (χ4v) is 3.48. The van der Waals surface area contributed by atoms with Gasteiger partial charge in [-0.3, -0.25) is 4.79 Å². The molecule has 0 saturated carbocycles. The molecule has 0 fully saturated rings. The van der Waals surface area contributed by atoms with E-state index in [0.717, 1.165) is 9.86 Å². The molecule has 1 aromatic heterocycles. The number of hydrogen-bond acceptors (Lipinski definition) is 4. The zero-order valence-electron chi connectivity index (χ0n) is 15.5. The van der Waals surface area contributed by atoms with Crippen LogP contribution in [0.3, 0.4) is 0 Å². The lowest BCUT2D eigenvalue weighted by Gasteiger charge is -2.10. The van der Waals surface area contributed by atoms with Gasteiger partial charge >= 0.3 is 5.63 Å². The minimum absolute atomic E-state index is 0.144. The van der Waals surface area contributed by atoms with Crippen LogP contribution in [0.15, 0.2) is 86.5 Å². The number of anilines is 1. The van der Waals surface area contributed by atoms with Crippen LogP contribution in [0.5, 0.6) is 5.75 Å². The number of halogens is 2. The summed E-state index contributed by atoms with van der Waals surface area (Å²) in [6, 6.07) is 21.1. The lowest BCUT2D eigenvalue weighted by molar-refractivity contribution is -0.118. The van der Waals surface area contributed by atoms with Crippen molar-refractivity contribution in [3.05, 3.63) is 92.7 Å². The maximum absolute atomic E-state index is 12.4. The van der Waals surface area contributed by atoms with Gasteiger partial charge in [0, 0.05) is 21.1 Å². The van der Waals surface area contributed by atoms with Gasteiger partial charge in [-0.2, -0.15) is 0 Å². The zero-order chi connectivity index (χ0) is 21.1. The first-order valence-corrected chi connectivity index (χ1v) is 10.2. The van der Waals surface area contributed by atoms with Crippen molar-refractivity contribution in [2.75, 3.05) is 11.9 Å². The van der Waals surface area contributed by atoms with E-state index in [-0.39, 0.29) is 12.5 Å². The Morgan fingerprint density at radius 1 is 1.00 bits per heavy atom. The number of hydrogen-bond donors (Lipinski definition) is 1. The van der Waals surface area contributed by atoms with Gasteiger partial charge in [0.05, 0.1) is 10.6 Å². The minimum Gasteiger partial charge on any atom is -0.484 e.